The van der Waals surface area contributed by atoms with Gasteiger partial charge in [0.05, 0.1) is 6.42 Å². The van der Waals surface area contributed by atoms with E-state index in [-0.39, 0.29) is 30.2 Å². The molecule has 0 aromatic heterocycles. The fourth-order valence-corrected chi connectivity index (χ4v) is 3.16. The summed E-state index contributed by atoms with van der Waals surface area (Å²) in [6.07, 6.45) is -0.187. The highest BCUT2D eigenvalue weighted by atomic mass is 19.2. The summed E-state index contributed by atoms with van der Waals surface area (Å²) in [5, 5.41) is 13.0. The van der Waals surface area contributed by atoms with Crippen LogP contribution in [0.4, 0.5) is 14.5 Å². The lowest BCUT2D eigenvalue weighted by Gasteiger charge is -2.17. The van der Waals surface area contributed by atoms with Crippen LogP contribution in [0.1, 0.15) is 19.8 Å². The van der Waals surface area contributed by atoms with Gasteiger partial charge in [-0.3, -0.25) is 24.5 Å². The standard InChI is InChI=1S/C17H18F2N2O6/c1-9-4-15(22)11(12(9)7-21(25)26)6-17(24)27-8-16(23)20-10-2-3-13(18)14(19)5-10/h2-3,5,9,11-12H,4,6-8H2,1H3,(H,20,23)/t9-,11+,12+/m0/s1. The van der Waals surface area contributed by atoms with E-state index in [1.54, 1.807) is 6.92 Å². The summed E-state index contributed by atoms with van der Waals surface area (Å²) in [7, 11) is 0. The molecule has 0 bridgehead atoms. The van der Waals surface area contributed by atoms with Crippen LogP contribution in [0.25, 0.3) is 0 Å². The number of nitrogens with one attached hydrogen (secondary N) is 1. The lowest BCUT2D eigenvalue weighted by atomic mass is 9.88. The number of ketones is 1. The van der Waals surface area contributed by atoms with Crippen LogP contribution in [0.15, 0.2) is 18.2 Å². The predicted molar refractivity (Wildman–Crippen MR) is 88.2 cm³/mol. The van der Waals surface area contributed by atoms with Crippen molar-refractivity contribution in [3.63, 3.8) is 0 Å². The summed E-state index contributed by atoms with van der Waals surface area (Å²) in [6.45, 7) is 0.613. The molecule has 1 aromatic carbocycles. The molecule has 1 saturated carbocycles. The molecule has 1 amide bonds. The molecule has 0 saturated heterocycles. The van der Waals surface area contributed by atoms with E-state index >= 15 is 0 Å². The van der Waals surface area contributed by atoms with Gasteiger partial charge in [-0.05, 0) is 18.1 Å². The first kappa shape index (κ1) is 20.4. The number of rotatable bonds is 7. The number of esters is 1. The summed E-state index contributed by atoms with van der Waals surface area (Å²) in [5.41, 5.74) is -0.0132. The van der Waals surface area contributed by atoms with Gasteiger partial charge in [0.2, 0.25) is 6.54 Å². The normalized spacial score (nSPS) is 21.7. The maximum atomic E-state index is 13.1. The monoisotopic (exact) mass is 384 g/mol. The minimum atomic E-state index is -1.14. The molecule has 0 unspecified atom stereocenters. The zero-order chi connectivity index (χ0) is 20.1. The Morgan fingerprint density at radius 2 is 2.04 bits per heavy atom. The van der Waals surface area contributed by atoms with E-state index in [0.717, 1.165) is 18.2 Å². The average molecular weight is 384 g/mol. The first-order valence-corrected chi connectivity index (χ1v) is 8.22. The second-order valence-corrected chi connectivity index (χ2v) is 6.48. The summed E-state index contributed by atoms with van der Waals surface area (Å²) < 4.78 is 30.7. The molecule has 0 radical (unpaired) electrons. The number of nitrogens with zero attached hydrogens (tertiary/aromatic N) is 1. The van der Waals surface area contributed by atoms with Crippen molar-refractivity contribution in [3.05, 3.63) is 39.9 Å². The van der Waals surface area contributed by atoms with Crippen molar-refractivity contribution < 1.29 is 32.8 Å². The van der Waals surface area contributed by atoms with Crippen molar-refractivity contribution in [2.24, 2.45) is 17.8 Å². The van der Waals surface area contributed by atoms with Crippen LogP contribution in [0.2, 0.25) is 0 Å². The van der Waals surface area contributed by atoms with E-state index in [4.69, 9.17) is 4.74 Å². The third-order valence-corrected chi connectivity index (χ3v) is 4.50. The molecule has 1 fully saturated rings. The van der Waals surface area contributed by atoms with Gasteiger partial charge in [0, 0.05) is 34.9 Å². The lowest BCUT2D eigenvalue weighted by molar-refractivity contribution is -0.490. The summed E-state index contributed by atoms with van der Waals surface area (Å²) in [5.74, 6) is -5.65. The molecule has 10 heteroatoms. The predicted octanol–water partition coefficient (Wildman–Crippen LogP) is 1.95. The quantitative estimate of drug-likeness (QED) is 0.436. The van der Waals surface area contributed by atoms with Crippen LogP contribution in [0, 0.1) is 39.5 Å². The van der Waals surface area contributed by atoms with Crippen molar-refractivity contribution in [2.45, 2.75) is 19.8 Å². The molecule has 8 nitrogen and oxygen atoms in total. The van der Waals surface area contributed by atoms with Gasteiger partial charge in [0.1, 0.15) is 5.78 Å². The topological polar surface area (TPSA) is 116 Å². The van der Waals surface area contributed by atoms with Crippen LogP contribution in [0.5, 0.6) is 0 Å². The highest BCUT2D eigenvalue weighted by Crippen LogP contribution is 2.36. The number of benzene rings is 1. The Hall–Kier alpha value is -2.91. The van der Waals surface area contributed by atoms with Gasteiger partial charge in [-0.25, -0.2) is 8.78 Å². The number of Topliss-reactive ketones (excluding diaryl/α,β-unsaturated/α-hetero) is 1. The van der Waals surface area contributed by atoms with Gasteiger partial charge in [0.25, 0.3) is 5.91 Å². The zero-order valence-electron chi connectivity index (χ0n) is 14.4. The smallest absolute Gasteiger partial charge is 0.307 e. The molecular formula is C17H18F2N2O6. The fraction of sp³-hybridized carbons (Fsp3) is 0.471. The molecule has 1 aromatic rings. The number of hydrogen-bond donors (Lipinski definition) is 1. The first-order valence-electron chi connectivity index (χ1n) is 8.22. The largest absolute Gasteiger partial charge is 0.456 e. The van der Waals surface area contributed by atoms with Crippen LogP contribution < -0.4 is 5.32 Å². The number of anilines is 1. The van der Waals surface area contributed by atoms with E-state index in [1.165, 1.54) is 0 Å². The number of amides is 1. The molecule has 1 aliphatic rings. The zero-order valence-corrected chi connectivity index (χ0v) is 14.4. The molecule has 1 N–H and O–H groups in total. The van der Waals surface area contributed by atoms with Crippen molar-refractivity contribution in [1.82, 2.24) is 0 Å². The van der Waals surface area contributed by atoms with E-state index in [2.05, 4.69) is 5.32 Å². The Bertz CT molecular complexity index is 770. The van der Waals surface area contributed by atoms with E-state index in [0.29, 0.717) is 0 Å². The summed E-state index contributed by atoms with van der Waals surface area (Å²) in [6, 6.07) is 2.74. The SMILES string of the molecule is C[C@H]1CC(=O)[C@H](CC(=O)OCC(=O)Nc2ccc(F)c(F)c2)[C@@H]1C[N+](=O)[O-]. The minimum absolute atomic E-state index is 0.0132. The Labute approximate surface area is 153 Å². The van der Waals surface area contributed by atoms with Crippen molar-refractivity contribution in [2.75, 3.05) is 18.5 Å². The molecule has 2 rings (SSSR count). The Kier molecular flexibility index (Phi) is 6.54. The number of halogens is 2. The summed E-state index contributed by atoms with van der Waals surface area (Å²) in [4.78, 5) is 45.8. The second-order valence-electron chi connectivity index (χ2n) is 6.48. The first-order chi connectivity index (χ1) is 12.7. The van der Waals surface area contributed by atoms with Crippen molar-refractivity contribution in [1.29, 1.82) is 0 Å². The van der Waals surface area contributed by atoms with E-state index in [9.17, 15) is 33.3 Å². The number of nitro groups is 1. The van der Waals surface area contributed by atoms with Gasteiger partial charge < -0.3 is 10.1 Å². The number of carbonyl (C=O) groups is 3. The third-order valence-electron chi connectivity index (χ3n) is 4.50. The van der Waals surface area contributed by atoms with Gasteiger partial charge in [0.15, 0.2) is 18.2 Å². The van der Waals surface area contributed by atoms with Gasteiger partial charge in [-0.15, -0.1) is 0 Å². The van der Waals surface area contributed by atoms with Crippen molar-refractivity contribution >= 4 is 23.3 Å². The number of ether oxygens (including phenoxy) is 1. The van der Waals surface area contributed by atoms with Crippen LogP contribution in [0.3, 0.4) is 0 Å². The fourth-order valence-electron chi connectivity index (χ4n) is 3.16. The maximum absolute atomic E-state index is 13.1. The van der Waals surface area contributed by atoms with E-state index < -0.39 is 53.4 Å². The second kappa shape index (κ2) is 8.65. The molecule has 3 atom stereocenters. The highest BCUT2D eigenvalue weighted by molar-refractivity contribution is 5.93. The Balaban J connectivity index is 1.85. The van der Waals surface area contributed by atoms with Crippen LogP contribution in [-0.4, -0.2) is 35.7 Å². The van der Waals surface area contributed by atoms with Crippen molar-refractivity contribution in [3.8, 4) is 0 Å². The molecule has 0 heterocycles. The van der Waals surface area contributed by atoms with E-state index in [1.807, 2.05) is 0 Å². The molecule has 0 spiro atoms. The third kappa shape index (κ3) is 5.53. The van der Waals surface area contributed by atoms with Crippen LogP contribution in [-0.2, 0) is 19.1 Å². The van der Waals surface area contributed by atoms with Gasteiger partial charge in [-0.1, -0.05) is 6.92 Å². The molecule has 1 aliphatic carbocycles. The number of hydrogen-bond acceptors (Lipinski definition) is 6. The van der Waals surface area contributed by atoms with Gasteiger partial charge in [-0.2, -0.15) is 0 Å². The average Bonchev–Trinajstić information content (AvgIpc) is 2.83. The molecule has 27 heavy (non-hydrogen) atoms. The minimum Gasteiger partial charge on any atom is -0.456 e. The van der Waals surface area contributed by atoms with Gasteiger partial charge >= 0.3 is 5.97 Å². The maximum Gasteiger partial charge on any atom is 0.307 e. The van der Waals surface area contributed by atoms with Crippen LogP contribution >= 0.6 is 0 Å². The Morgan fingerprint density at radius 1 is 1.33 bits per heavy atom. The molecular weight excluding hydrogens is 366 g/mol. The summed E-state index contributed by atoms with van der Waals surface area (Å²) >= 11 is 0. The lowest BCUT2D eigenvalue weighted by Crippen LogP contribution is -2.28. The number of carbonyl (C=O) groups excluding carboxylic acids is 3. The molecule has 0 aliphatic heterocycles. The Morgan fingerprint density at radius 3 is 2.67 bits per heavy atom. The highest BCUT2D eigenvalue weighted by Gasteiger charge is 2.44. The molecule has 146 valence electrons.